The first-order valence-electron chi connectivity index (χ1n) is 7.28. The van der Waals surface area contributed by atoms with Gasteiger partial charge < -0.3 is 15.2 Å². The predicted octanol–water partition coefficient (Wildman–Crippen LogP) is 2.38. The van der Waals surface area contributed by atoms with E-state index in [0.29, 0.717) is 11.3 Å². The highest BCUT2D eigenvalue weighted by atomic mass is 16.6. The van der Waals surface area contributed by atoms with Crippen LogP contribution in [0.25, 0.3) is 0 Å². The predicted molar refractivity (Wildman–Crippen MR) is 88.1 cm³/mol. The molecular weight excluding hydrogens is 312 g/mol. The first-order chi connectivity index (χ1) is 11.4. The molecule has 0 aliphatic heterocycles. The van der Waals surface area contributed by atoms with Gasteiger partial charge in [-0.1, -0.05) is 24.3 Å². The Morgan fingerprint density at radius 1 is 1.33 bits per heavy atom. The highest BCUT2D eigenvalue weighted by Crippen LogP contribution is 2.24. The van der Waals surface area contributed by atoms with Gasteiger partial charge in [-0.3, -0.25) is 14.9 Å². The van der Waals surface area contributed by atoms with E-state index >= 15 is 0 Å². The summed E-state index contributed by atoms with van der Waals surface area (Å²) >= 11 is 0. The lowest BCUT2D eigenvalue weighted by atomic mass is 10.0. The summed E-state index contributed by atoms with van der Waals surface area (Å²) in [6.07, 6.45) is -0.903. The number of amides is 1. The molecule has 0 spiro atoms. The quantitative estimate of drug-likeness (QED) is 0.625. The largest absolute Gasteiger partial charge is 0.497 e. The third kappa shape index (κ3) is 3.88. The molecule has 2 aromatic rings. The Morgan fingerprint density at radius 3 is 2.67 bits per heavy atom. The van der Waals surface area contributed by atoms with Crippen LogP contribution in [0.2, 0.25) is 0 Å². The molecule has 0 aliphatic rings. The third-order valence-electron chi connectivity index (χ3n) is 3.65. The Bertz CT molecular complexity index is 760. The first kappa shape index (κ1) is 17.4. The Labute approximate surface area is 139 Å². The molecule has 0 saturated carbocycles. The van der Waals surface area contributed by atoms with Gasteiger partial charge in [-0.2, -0.15) is 0 Å². The van der Waals surface area contributed by atoms with Crippen LogP contribution in [0.5, 0.6) is 5.75 Å². The second-order valence-electron chi connectivity index (χ2n) is 5.22. The molecule has 2 aromatic carbocycles. The number of hydrogen-bond acceptors (Lipinski definition) is 5. The van der Waals surface area contributed by atoms with Crippen LogP contribution in [0.4, 0.5) is 5.69 Å². The Kier molecular flexibility index (Phi) is 5.49. The lowest BCUT2D eigenvalue weighted by Crippen LogP contribution is -2.29. The average molecular weight is 330 g/mol. The molecule has 126 valence electrons. The monoisotopic (exact) mass is 330 g/mol. The number of aliphatic hydroxyl groups is 1. The summed E-state index contributed by atoms with van der Waals surface area (Å²) in [6, 6.07) is 11.2. The number of methoxy groups -OCH3 is 1. The molecule has 0 aliphatic carbocycles. The fourth-order valence-corrected chi connectivity index (χ4v) is 2.34. The van der Waals surface area contributed by atoms with Gasteiger partial charge in [-0.25, -0.2) is 0 Å². The summed E-state index contributed by atoms with van der Waals surface area (Å²) in [5, 5.41) is 23.8. The van der Waals surface area contributed by atoms with Gasteiger partial charge in [0.15, 0.2) is 0 Å². The number of aliphatic hydroxyl groups excluding tert-OH is 1. The lowest BCUT2D eigenvalue weighted by Gasteiger charge is -2.14. The molecule has 7 heteroatoms. The molecule has 2 N–H and O–H groups in total. The van der Waals surface area contributed by atoms with Crippen molar-refractivity contribution in [3.63, 3.8) is 0 Å². The lowest BCUT2D eigenvalue weighted by molar-refractivity contribution is -0.385. The number of benzene rings is 2. The summed E-state index contributed by atoms with van der Waals surface area (Å²) in [5.74, 6) is -0.307. The normalized spacial score (nSPS) is 11.6. The Morgan fingerprint density at radius 2 is 2.04 bits per heavy atom. The molecule has 0 fully saturated rings. The third-order valence-corrected chi connectivity index (χ3v) is 3.65. The second kappa shape index (κ2) is 7.56. The minimum atomic E-state index is -0.903. The van der Waals surface area contributed by atoms with Crippen molar-refractivity contribution < 1.29 is 19.6 Å². The number of carbonyl (C=O) groups is 1. The van der Waals surface area contributed by atoms with E-state index in [-0.39, 0.29) is 17.8 Å². The number of ether oxygens (including phenoxy) is 1. The standard InChI is InChI=1S/C17H18N2O5/c1-11-5-3-4-6-13(11)16(20)10-18-17(21)14-9-12(24-2)7-8-15(14)19(22)23/h3-9,16,20H,10H2,1-2H3,(H,18,21)/t16-/m1/s1. The minimum absolute atomic E-state index is 0.0575. The van der Waals surface area contributed by atoms with E-state index in [1.165, 1.54) is 25.3 Å². The molecule has 0 radical (unpaired) electrons. The topological polar surface area (TPSA) is 102 Å². The van der Waals surface area contributed by atoms with Crippen molar-refractivity contribution in [3.8, 4) is 5.75 Å². The molecular formula is C17H18N2O5. The van der Waals surface area contributed by atoms with Gasteiger partial charge in [0.2, 0.25) is 0 Å². The van der Waals surface area contributed by atoms with Crippen LogP contribution in [0, 0.1) is 17.0 Å². The van der Waals surface area contributed by atoms with Crippen molar-refractivity contribution in [3.05, 3.63) is 69.3 Å². The van der Waals surface area contributed by atoms with E-state index in [4.69, 9.17) is 4.74 Å². The zero-order valence-electron chi connectivity index (χ0n) is 13.4. The summed E-state index contributed by atoms with van der Waals surface area (Å²) in [7, 11) is 1.41. The van der Waals surface area contributed by atoms with E-state index in [2.05, 4.69) is 5.32 Å². The number of carbonyl (C=O) groups excluding carboxylic acids is 1. The molecule has 1 atom stereocenters. The van der Waals surface area contributed by atoms with E-state index < -0.39 is 16.9 Å². The van der Waals surface area contributed by atoms with Gasteiger partial charge in [0.05, 0.1) is 18.1 Å². The zero-order chi connectivity index (χ0) is 17.7. The van der Waals surface area contributed by atoms with Crippen molar-refractivity contribution in [1.29, 1.82) is 0 Å². The average Bonchev–Trinajstić information content (AvgIpc) is 2.59. The smallest absolute Gasteiger partial charge is 0.282 e. The summed E-state index contributed by atoms with van der Waals surface area (Å²) in [4.78, 5) is 22.7. The molecule has 2 rings (SSSR count). The van der Waals surface area contributed by atoms with Gasteiger partial charge in [0.25, 0.3) is 11.6 Å². The molecule has 0 bridgehead atoms. The van der Waals surface area contributed by atoms with Crippen LogP contribution in [-0.4, -0.2) is 29.6 Å². The van der Waals surface area contributed by atoms with Gasteiger partial charge in [0.1, 0.15) is 11.3 Å². The molecule has 24 heavy (non-hydrogen) atoms. The van der Waals surface area contributed by atoms with E-state index in [9.17, 15) is 20.0 Å². The summed E-state index contributed by atoms with van der Waals surface area (Å²) in [6.45, 7) is 1.80. The van der Waals surface area contributed by atoms with Crippen molar-refractivity contribution >= 4 is 11.6 Å². The first-order valence-corrected chi connectivity index (χ1v) is 7.28. The molecule has 0 aromatic heterocycles. The maximum Gasteiger partial charge on any atom is 0.282 e. The van der Waals surface area contributed by atoms with Gasteiger partial charge in [0, 0.05) is 12.6 Å². The van der Waals surface area contributed by atoms with Gasteiger partial charge in [-0.05, 0) is 30.2 Å². The fraction of sp³-hybridized carbons (Fsp3) is 0.235. The summed E-state index contributed by atoms with van der Waals surface area (Å²) < 4.78 is 5.00. The van der Waals surface area contributed by atoms with Crippen molar-refractivity contribution in [2.75, 3.05) is 13.7 Å². The molecule has 0 saturated heterocycles. The van der Waals surface area contributed by atoms with E-state index in [1.807, 2.05) is 19.1 Å². The van der Waals surface area contributed by atoms with Crippen LogP contribution in [0.1, 0.15) is 27.6 Å². The Hall–Kier alpha value is -2.93. The number of nitro benzene ring substituents is 1. The van der Waals surface area contributed by atoms with E-state index in [1.54, 1.807) is 12.1 Å². The SMILES string of the molecule is COc1ccc([N+](=O)[O-])c(C(=O)NC[C@@H](O)c2ccccc2C)c1. The second-order valence-corrected chi connectivity index (χ2v) is 5.22. The minimum Gasteiger partial charge on any atom is -0.497 e. The van der Waals surface area contributed by atoms with Crippen LogP contribution in [-0.2, 0) is 0 Å². The van der Waals surface area contributed by atoms with Crippen molar-refractivity contribution in [1.82, 2.24) is 5.32 Å². The van der Waals surface area contributed by atoms with Crippen molar-refractivity contribution in [2.45, 2.75) is 13.0 Å². The fourth-order valence-electron chi connectivity index (χ4n) is 2.34. The maximum absolute atomic E-state index is 12.3. The highest BCUT2D eigenvalue weighted by molar-refractivity contribution is 5.98. The molecule has 7 nitrogen and oxygen atoms in total. The zero-order valence-corrected chi connectivity index (χ0v) is 13.4. The van der Waals surface area contributed by atoms with Crippen LogP contribution in [0.3, 0.4) is 0 Å². The number of aryl methyl sites for hydroxylation is 1. The molecule has 0 heterocycles. The highest BCUT2D eigenvalue weighted by Gasteiger charge is 2.22. The van der Waals surface area contributed by atoms with Gasteiger partial charge in [-0.15, -0.1) is 0 Å². The maximum atomic E-state index is 12.3. The van der Waals surface area contributed by atoms with Gasteiger partial charge >= 0.3 is 0 Å². The molecule has 0 unspecified atom stereocenters. The number of nitrogens with one attached hydrogen (secondary N) is 1. The molecule has 1 amide bonds. The number of rotatable bonds is 6. The summed E-state index contributed by atoms with van der Waals surface area (Å²) in [5.41, 5.74) is 1.15. The number of hydrogen-bond donors (Lipinski definition) is 2. The van der Waals surface area contributed by atoms with Crippen molar-refractivity contribution in [2.24, 2.45) is 0 Å². The van der Waals surface area contributed by atoms with E-state index in [0.717, 1.165) is 5.56 Å². The number of nitrogens with zero attached hydrogens (tertiary/aromatic N) is 1. The van der Waals surface area contributed by atoms with Crippen LogP contribution in [0.15, 0.2) is 42.5 Å². The van der Waals surface area contributed by atoms with Crippen LogP contribution < -0.4 is 10.1 Å². The Balaban J connectivity index is 2.15. The number of nitro groups is 1. The van der Waals surface area contributed by atoms with Crippen LogP contribution >= 0.6 is 0 Å².